The van der Waals surface area contributed by atoms with Crippen LogP contribution in [-0.4, -0.2) is 110 Å². The summed E-state index contributed by atoms with van der Waals surface area (Å²) in [6, 6.07) is 47.2. The molecule has 75 heavy (non-hydrogen) atoms. The molecule has 0 amide bonds. The van der Waals surface area contributed by atoms with Gasteiger partial charge in [0.2, 0.25) is 0 Å². The van der Waals surface area contributed by atoms with E-state index in [1.54, 1.807) is 55.6 Å². The zero-order chi connectivity index (χ0) is 53.8. The monoisotopic (exact) mass is 1060 g/mol. The third kappa shape index (κ3) is 15.4. The van der Waals surface area contributed by atoms with Gasteiger partial charge in [0.25, 0.3) is 0 Å². The van der Waals surface area contributed by atoms with Crippen LogP contribution in [0.5, 0.6) is 0 Å². The topological polar surface area (TPSA) is 136 Å². The van der Waals surface area contributed by atoms with Crippen molar-refractivity contribution in [2.75, 3.05) is 20.3 Å². The summed E-state index contributed by atoms with van der Waals surface area (Å²) in [5.74, 6) is -1.14. The lowest BCUT2D eigenvalue weighted by Crippen LogP contribution is -2.67. The molecule has 2 saturated heterocycles. The molecule has 5 aromatic carbocycles. The Balaban J connectivity index is 1.30. The second-order valence-corrected chi connectivity index (χ2v) is 31.8. The molecule has 15 heteroatoms. The Kier molecular flexibility index (Phi) is 20.0. The van der Waals surface area contributed by atoms with Gasteiger partial charge in [0.15, 0.2) is 35.3 Å². The summed E-state index contributed by atoms with van der Waals surface area (Å²) >= 11 is 0. The van der Waals surface area contributed by atoms with E-state index in [1.807, 2.05) is 103 Å². The number of carbonyl (C=O) groups excluding carboxylic acids is 2. The van der Waals surface area contributed by atoms with Crippen LogP contribution in [0.4, 0.5) is 0 Å². The Labute approximate surface area is 446 Å². The molecule has 13 nitrogen and oxygen atoms in total. The van der Waals surface area contributed by atoms with E-state index in [1.165, 1.54) is 0 Å². The summed E-state index contributed by atoms with van der Waals surface area (Å²) in [4.78, 5) is 28.2. The highest BCUT2D eigenvalue weighted by atomic mass is 28.4. The van der Waals surface area contributed by atoms with Crippen LogP contribution in [0.15, 0.2) is 152 Å². The first-order valence-corrected chi connectivity index (χ1v) is 31.8. The van der Waals surface area contributed by atoms with Crippen molar-refractivity contribution in [3.05, 3.63) is 179 Å². The minimum Gasteiger partial charge on any atom is -0.459 e. The minimum absolute atomic E-state index is 0.170. The van der Waals surface area contributed by atoms with Crippen LogP contribution < -0.4 is 0 Å². The first kappa shape index (κ1) is 57.8. The maximum atomic E-state index is 14.5. The Morgan fingerprint density at radius 3 is 1.28 bits per heavy atom. The van der Waals surface area contributed by atoms with Gasteiger partial charge in [-0.05, 0) is 77.2 Å². The lowest BCUT2D eigenvalue weighted by molar-refractivity contribution is -0.339. The molecule has 0 N–H and O–H groups in total. The number of hydrogen-bond donors (Lipinski definition) is 0. The van der Waals surface area contributed by atoms with Crippen LogP contribution in [0.3, 0.4) is 0 Å². The zero-order valence-corrected chi connectivity index (χ0v) is 47.6. The fourth-order valence-electron chi connectivity index (χ4n) is 8.42. The summed E-state index contributed by atoms with van der Waals surface area (Å²) in [5.41, 5.74) is 3.56. The third-order valence-electron chi connectivity index (χ3n) is 14.8. The van der Waals surface area contributed by atoms with E-state index in [-0.39, 0.29) is 43.1 Å². The molecule has 2 aliphatic rings. The SMILES string of the molecule is CO[C@H]1O[C@H](CO[C@@H]2O[C@H](COC(=O)c3ccccc3)[C@@H](O[Si](C)(C)C(C)(C)C)[C@H](O[Si](C)(C)C(C)(C)C)[C@H]2OC(=O)c2ccccc2)[C@@H](OCc2ccccc2)[C@H](OCc2ccccc2)[C@H]1OCc1ccccc1. The normalized spacial score (nSPS) is 24.6. The minimum atomic E-state index is -2.76. The van der Waals surface area contributed by atoms with Crippen molar-refractivity contribution in [1.29, 1.82) is 0 Å². The van der Waals surface area contributed by atoms with E-state index < -0.39 is 90.0 Å². The molecule has 0 spiro atoms. The van der Waals surface area contributed by atoms with Crippen molar-refractivity contribution in [2.45, 2.75) is 159 Å². The number of rotatable bonds is 22. The molecule has 0 unspecified atom stereocenters. The van der Waals surface area contributed by atoms with Crippen molar-refractivity contribution in [3.63, 3.8) is 0 Å². The quantitative estimate of drug-likeness (QED) is 0.0481. The summed E-state index contributed by atoms with van der Waals surface area (Å²) in [6.07, 6.45) is -9.49. The van der Waals surface area contributed by atoms with E-state index in [9.17, 15) is 9.59 Å². The van der Waals surface area contributed by atoms with Gasteiger partial charge in [0.05, 0.1) is 37.6 Å². The fraction of sp³-hybridized carbons (Fsp3) is 0.467. The molecule has 0 radical (unpaired) electrons. The van der Waals surface area contributed by atoms with Crippen molar-refractivity contribution in [3.8, 4) is 0 Å². The van der Waals surface area contributed by atoms with E-state index in [0.29, 0.717) is 11.1 Å². The van der Waals surface area contributed by atoms with Crippen LogP contribution >= 0.6 is 0 Å². The molecule has 7 rings (SSSR count). The molecule has 0 aromatic heterocycles. The summed E-state index contributed by atoms with van der Waals surface area (Å²) < 4.78 is 75.2. The number of carbonyl (C=O) groups is 2. The van der Waals surface area contributed by atoms with Gasteiger partial charge in [-0.3, -0.25) is 0 Å². The summed E-state index contributed by atoms with van der Waals surface area (Å²) in [5, 5.41) is -0.565. The summed E-state index contributed by atoms with van der Waals surface area (Å²) in [6.45, 7) is 21.8. The van der Waals surface area contributed by atoms with Gasteiger partial charge < -0.3 is 51.5 Å². The first-order chi connectivity index (χ1) is 35.7. The maximum Gasteiger partial charge on any atom is 0.338 e. The van der Waals surface area contributed by atoms with E-state index in [0.717, 1.165) is 16.7 Å². The van der Waals surface area contributed by atoms with Crippen LogP contribution in [-0.2, 0) is 71.3 Å². The number of methoxy groups -OCH3 is 1. The van der Waals surface area contributed by atoms with Gasteiger partial charge in [-0.25, -0.2) is 9.59 Å². The molecule has 2 fully saturated rings. The number of hydrogen-bond acceptors (Lipinski definition) is 13. The lowest BCUT2D eigenvalue weighted by atomic mass is 9.97. The smallest absolute Gasteiger partial charge is 0.338 e. The van der Waals surface area contributed by atoms with Crippen LogP contribution in [0.2, 0.25) is 36.3 Å². The number of benzene rings is 5. The largest absolute Gasteiger partial charge is 0.459 e. The molecule has 0 aliphatic carbocycles. The number of esters is 2. The molecular formula is C60H78O13Si2. The van der Waals surface area contributed by atoms with Crippen molar-refractivity contribution >= 4 is 28.6 Å². The highest BCUT2D eigenvalue weighted by molar-refractivity contribution is 6.74. The Morgan fingerprint density at radius 1 is 0.440 bits per heavy atom. The highest BCUT2D eigenvalue weighted by Crippen LogP contribution is 2.44. The lowest BCUT2D eigenvalue weighted by Gasteiger charge is -2.52. The second-order valence-electron chi connectivity index (χ2n) is 22.3. The van der Waals surface area contributed by atoms with E-state index in [4.69, 9.17) is 51.5 Å². The Bertz CT molecular complexity index is 2510. The predicted molar refractivity (Wildman–Crippen MR) is 292 cm³/mol. The third-order valence-corrected chi connectivity index (χ3v) is 23.8. The Morgan fingerprint density at radius 2 is 0.827 bits per heavy atom. The molecule has 10 atom stereocenters. The Hall–Kier alpha value is -4.89. The van der Waals surface area contributed by atoms with E-state index in [2.05, 4.69) is 67.7 Å². The molecule has 2 heterocycles. The zero-order valence-electron chi connectivity index (χ0n) is 45.6. The standard InChI is InChI=1S/C60H78O13Si2/c1-59(2,3)74(8,9)72-50-48(40-67-55(61)45-33-23-15-24-34-45)70-58(54(52(50)73-75(10,11)60(4,5)6)71-56(62)46-35-25-16-26-36-46)68-41-47-49(64-37-42-27-17-12-18-28-42)51(65-38-43-29-19-13-20-30-43)53(57(63-7)69-47)66-39-44-31-21-14-22-32-44/h12-36,47-54,57-58H,37-41H2,1-11H3/t47-,48-,49-,50-,51+,52+,53-,54-,57+,58-/m1/s1. The van der Waals surface area contributed by atoms with Crippen LogP contribution in [0, 0.1) is 0 Å². The predicted octanol–water partition coefficient (Wildman–Crippen LogP) is 11.7. The van der Waals surface area contributed by atoms with Crippen molar-refractivity contribution < 1.29 is 61.1 Å². The van der Waals surface area contributed by atoms with Crippen LogP contribution in [0.1, 0.15) is 78.9 Å². The van der Waals surface area contributed by atoms with Gasteiger partial charge in [0.1, 0.15) is 49.3 Å². The van der Waals surface area contributed by atoms with Gasteiger partial charge in [-0.2, -0.15) is 0 Å². The van der Waals surface area contributed by atoms with Gasteiger partial charge in [-0.15, -0.1) is 0 Å². The number of ether oxygens (including phenoxy) is 9. The second kappa shape index (κ2) is 26.0. The first-order valence-electron chi connectivity index (χ1n) is 26.0. The molecule has 5 aromatic rings. The molecule has 0 bridgehead atoms. The highest BCUT2D eigenvalue weighted by Gasteiger charge is 2.57. The van der Waals surface area contributed by atoms with E-state index >= 15 is 0 Å². The molecular weight excluding hydrogens is 985 g/mol. The summed E-state index contributed by atoms with van der Waals surface area (Å²) in [7, 11) is -3.89. The van der Waals surface area contributed by atoms with Crippen molar-refractivity contribution in [2.24, 2.45) is 0 Å². The van der Waals surface area contributed by atoms with Gasteiger partial charge in [-0.1, -0.05) is 169 Å². The van der Waals surface area contributed by atoms with Gasteiger partial charge >= 0.3 is 11.9 Å². The van der Waals surface area contributed by atoms with Crippen molar-refractivity contribution in [1.82, 2.24) is 0 Å². The van der Waals surface area contributed by atoms with Gasteiger partial charge in [0, 0.05) is 7.11 Å². The van der Waals surface area contributed by atoms with Crippen LogP contribution in [0.25, 0.3) is 0 Å². The molecule has 404 valence electrons. The average Bonchev–Trinajstić information content (AvgIpc) is 3.40. The maximum absolute atomic E-state index is 14.5. The fourth-order valence-corrected chi connectivity index (χ4v) is 11.0. The molecule has 0 saturated carbocycles. The average molecular weight is 1060 g/mol. The molecule has 2 aliphatic heterocycles.